The molecule has 6 N–H and O–H groups in total. The SMILES string of the molecule is C[C@H](C=O)CCCCNC(=O)CNC(=O)c1cc(B(O)O)cc(S(=O)(=O)c2cc(B(O)O)cc(C(F)(F)F)c2)c1. The van der Waals surface area contributed by atoms with Gasteiger partial charge in [-0.25, -0.2) is 8.42 Å². The first kappa shape index (κ1) is 33.0. The van der Waals surface area contributed by atoms with Gasteiger partial charge in [0.15, 0.2) is 0 Å². The number of amides is 2. The van der Waals surface area contributed by atoms with Gasteiger partial charge in [0.2, 0.25) is 15.7 Å². The Bertz CT molecular complexity index is 1340. The van der Waals surface area contributed by atoms with Gasteiger partial charge in [0.05, 0.1) is 21.9 Å². The number of nitrogens with one attached hydrogen (secondary N) is 2. The van der Waals surface area contributed by atoms with Gasteiger partial charge in [-0.1, -0.05) is 19.4 Å². The summed E-state index contributed by atoms with van der Waals surface area (Å²) in [5.74, 6) is -1.68. The number of benzene rings is 2. The second-order valence-corrected chi connectivity index (χ2v) is 10.9. The van der Waals surface area contributed by atoms with Crippen molar-refractivity contribution in [1.82, 2.24) is 10.6 Å². The molecule has 0 aliphatic carbocycles. The number of alkyl halides is 3. The molecule has 17 heteroatoms. The van der Waals surface area contributed by atoms with E-state index in [0.29, 0.717) is 31.4 Å². The molecule has 2 aromatic carbocycles. The molecule has 2 aromatic rings. The van der Waals surface area contributed by atoms with Crippen LogP contribution in [0.4, 0.5) is 13.2 Å². The summed E-state index contributed by atoms with van der Waals surface area (Å²) >= 11 is 0. The minimum absolute atomic E-state index is 0.103. The van der Waals surface area contributed by atoms with Crippen LogP contribution in [0.1, 0.15) is 42.1 Å². The number of rotatable bonds is 13. The van der Waals surface area contributed by atoms with Crippen molar-refractivity contribution >= 4 is 53.1 Å². The van der Waals surface area contributed by atoms with E-state index in [4.69, 9.17) is 0 Å². The first-order valence-electron chi connectivity index (χ1n) is 11.9. The predicted molar refractivity (Wildman–Crippen MR) is 137 cm³/mol. The Labute approximate surface area is 228 Å². The Morgan fingerprint density at radius 1 is 0.925 bits per heavy atom. The summed E-state index contributed by atoms with van der Waals surface area (Å²) in [7, 11) is -9.58. The zero-order chi connectivity index (χ0) is 30.3. The molecule has 216 valence electrons. The number of carbonyl (C=O) groups excluding carboxylic acids is 3. The Morgan fingerprint density at radius 3 is 2.05 bits per heavy atom. The van der Waals surface area contributed by atoms with E-state index in [9.17, 15) is 56.1 Å². The number of halogens is 3. The molecule has 1 atom stereocenters. The smallest absolute Gasteiger partial charge is 0.423 e. The molecule has 0 bridgehead atoms. The van der Waals surface area contributed by atoms with Crippen molar-refractivity contribution in [3.63, 3.8) is 0 Å². The van der Waals surface area contributed by atoms with Crippen LogP contribution in [-0.4, -0.2) is 73.9 Å². The van der Waals surface area contributed by atoms with Crippen LogP contribution in [0.2, 0.25) is 0 Å². The van der Waals surface area contributed by atoms with Crippen molar-refractivity contribution in [1.29, 1.82) is 0 Å². The Balaban J connectivity index is 2.28. The third-order valence-electron chi connectivity index (χ3n) is 5.71. The molecular formula is C23H27B2F3N2O9S. The standard InChI is InChI=1S/C23H27B2F3N2O9S/c1-14(13-31)4-2-3-5-29-21(32)12-30-22(33)15-6-17(24(34)35)10-19(7-15)40(38,39)20-9-16(23(26,27)28)8-18(11-20)25(36)37/h6-11,13-14,34-37H,2-5,12H2,1H3,(H,29,32)(H,30,33)/t14-/m0/s1. The molecule has 11 nitrogen and oxygen atoms in total. The number of unbranched alkanes of at least 4 members (excludes halogenated alkanes) is 1. The number of hydrogen-bond acceptors (Lipinski definition) is 9. The molecule has 0 saturated heterocycles. The highest BCUT2D eigenvalue weighted by Gasteiger charge is 2.34. The minimum atomic E-state index is -5.04. The minimum Gasteiger partial charge on any atom is -0.423 e. The molecule has 0 aliphatic heterocycles. The van der Waals surface area contributed by atoms with Gasteiger partial charge in [-0.2, -0.15) is 13.2 Å². The van der Waals surface area contributed by atoms with E-state index in [1.807, 2.05) is 0 Å². The van der Waals surface area contributed by atoms with Crippen LogP contribution in [-0.2, 0) is 25.6 Å². The first-order chi connectivity index (χ1) is 18.6. The van der Waals surface area contributed by atoms with Crippen molar-refractivity contribution in [3.05, 3.63) is 47.5 Å². The van der Waals surface area contributed by atoms with Crippen LogP contribution >= 0.6 is 0 Å². The van der Waals surface area contributed by atoms with Gasteiger partial charge in [-0.3, -0.25) is 9.59 Å². The fourth-order valence-electron chi connectivity index (χ4n) is 3.50. The van der Waals surface area contributed by atoms with Crippen LogP contribution in [0.25, 0.3) is 0 Å². The first-order valence-corrected chi connectivity index (χ1v) is 13.4. The number of sulfone groups is 1. The normalized spacial score (nSPS) is 12.4. The van der Waals surface area contributed by atoms with E-state index in [1.165, 1.54) is 0 Å². The zero-order valence-corrected chi connectivity index (χ0v) is 22.0. The van der Waals surface area contributed by atoms with Gasteiger partial charge >= 0.3 is 20.4 Å². The largest absolute Gasteiger partial charge is 0.488 e. The highest BCUT2D eigenvalue weighted by atomic mass is 32.2. The molecule has 0 aliphatic rings. The maximum absolute atomic E-state index is 13.3. The van der Waals surface area contributed by atoms with E-state index in [2.05, 4.69) is 10.6 Å². The lowest BCUT2D eigenvalue weighted by Gasteiger charge is -2.14. The van der Waals surface area contributed by atoms with Crippen LogP contribution in [0.15, 0.2) is 46.2 Å². The average Bonchev–Trinajstić information content (AvgIpc) is 2.90. The van der Waals surface area contributed by atoms with Crippen LogP contribution in [0.5, 0.6) is 0 Å². The lowest BCUT2D eigenvalue weighted by Crippen LogP contribution is -2.38. The number of hydrogen-bond donors (Lipinski definition) is 6. The monoisotopic (exact) mass is 586 g/mol. The van der Waals surface area contributed by atoms with Crippen molar-refractivity contribution in [2.45, 2.75) is 42.2 Å². The summed E-state index contributed by atoms with van der Waals surface area (Å²) in [5.41, 5.74) is -3.20. The van der Waals surface area contributed by atoms with E-state index in [0.717, 1.165) is 24.5 Å². The molecule has 40 heavy (non-hydrogen) atoms. The van der Waals surface area contributed by atoms with Gasteiger partial charge in [-0.15, -0.1) is 0 Å². The summed E-state index contributed by atoms with van der Waals surface area (Å²) in [6.07, 6.45) is -2.30. The topological polar surface area (TPSA) is 190 Å². The maximum atomic E-state index is 13.3. The predicted octanol–water partition coefficient (Wildman–Crippen LogP) is -1.25. The van der Waals surface area contributed by atoms with Gasteiger partial charge in [0, 0.05) is 18.0 Å². The lowest BCUT2D eigenvalue weighted by molar-refractivity contribution is -0.137. The Hall–Kier alpha value is -3.24. The van der Waals surface area contributed by atoms with E-state index in [-0.39, 0.29) is 18.5 Å². The second kappa shape index (κ2) is 13.9. The van der Waals surface area contributed by atoms with Crippen molar-refractivity contribution in [2.24, 2.45) is 5.92 Å². The highest BCUT2D eigenvalue weighted by Crippen LogP contribution is 2.31. The molecule has 2 rings (SSSR count). The molecule has 0 saturated carbocycles. The third kappa shape index (κ3) is 9.16. The molecule has 0 fully saturated rings. The van der Waals surface area contributed by atoms with E-state index in [1.54, 1.807) is 6.92 Å². The Morgan fingerprint density at radius 2 is 1.50 bits per heavy atom. The molecule has 2 amide bonds. The Kier molecular flexibility index (Phi) is 11.5. The molecule has 0 unspecified atom stereocenters. The molecule has 0 spiro atoms. The number of aldehydes is 1. The maximum Gasteiger partial charge on any atom is 0.488 e. The summed E-state index contributed by atoms with van der Waals surface area (Å²) in [6.45, 7) is 1.51. The molecular weight excluding hydrogens is 559 g/mol. The second-order valence-electron chi connectivity index (χ2n) is 8.97. The molecule has 0 radical (unpaired) electrons. The van der Waals surface area contributed by atoms with Crippen molar-refractivity contribution in [3.8, 4) is 0 Å². The van der Waals surface area contributed by atoms with Gasteiger partial charge < -0.3 is 35.5 Å². The number of carbonyl (C=O) groups is 3. The average molecular weight is 586 g/mol. The van der Waals surface area contributed by atoms with E-state index >= 15 is 0 Å². The van der Waals surface area contributed by atoms with Gasteiger partial charge in [0.1, 0.15) is 6.29 Å². The van der Waals surface area contributed by atoms with E-state index < -0.39 is 80.5 Å². The lowest BCUT2D eigenvalue weighted by atomic mass is 9.79. The van der Waals surface area contributed by atoms with Crippen molar-refractivity contribution < 1.29 is 56.1 Å². The summed E-state index contributed by atoms with van der Waals surface area (Å²) in [5, 5.41) is 42.7. The summed E-state index contributed by atoms with van der Waals surface area (Å²) in [6, 6.07) is 3.61. The van der Waals surface area contributed by atoms with Crippen LogP contribution in [0, 0.1) is 5.92 Å². The fraction of sp³-hybridized carbons (Fsp3) is 0.348. The van der Waals surface area contributed by atoms with Crippen LogP contribution in [0.3, 0.4) is 0 Å². The third-order valence-corrected chi connectivity index (χ3v) is 7.43. The molecule has 0 aromatic heterocycles. The highest BCUT2D eigenvalue weighted by molar-refractivity contribution is 7.91. The van der Waals surface area contributed by atoms with Crippen LogP contribution < -0.4 is 21.6 Å². The summed E-state index contributed by atoms with van der Waals surface area (Å²) in [4.78, 5) is 33.5. The zero-order valence-electron chi connectivity index (χ0n) is 21.2. The summed E-state index contributed by atoms with van der Waals surface area (Å²) < 4.78 is 66.5. The fourth-order valence-corrected chi connectivity index (χ4v) is 4.91. The van der Waals surface area contributed by atoms with Gasteiger partial charge in [0.25, 0.3) is 5.91 Å². The van der Waals surface area contributed by atoms with Crippen molar-refractivity contribution in [2.75, 3.05) is 13.1 Å². The quantitative estimate of drug-likeness (QED) is 0.0947. The molecule has 0 heterocycles. The van der Waals surface area contributed by atoms with Gasteiger partial charge in [-0.05, 0) is 54.1 Å².